The minimum Gasteiger partial charge on any atom is -0.351 e. The predicted octanol–water partition coefficient (Wildman–Crippen LogP) is 4.10. The molecule has 1 fully saturated rings. The average Bonchev–Trinajstić information content (AvgIpc) is 3.16. The number of amides is 1. The Balaban J connectivity index is 1.67. The van der Waals surface area contributed by atoms with E-state index in [-0.39, 0.29) is 17.2 Å². The second-order valence-corrected chi connectivity index (χ2v) is 8.26. The maximum absolute atomic E-state index is 12.5. The normalized spacial score (nSPS) is 17.7. The molecule has 0 spiro atoms. The molecule has 0 saturated carbocycles. The second-order valence-electron chi connectivity index (χ2n) is 6.59. The van der Waals surface area contributed by atoms with Crippen molar-refractivity contribution in [2.45, 2.75) is 44.9 Å². The van der Waals surface area contributed by atoms with Crippen molar-refractivity contribution in [1.82, 2.24) is 15.0 Å². The summed E-state index contributed by atoms with van der Waals surface area (Å²) in [5, 5.41) is 5.02. The Morgan fingerprint density at radius 1 is 1.43 bits per heavy atom. The van der Waals surface area contributed by atoms with Crippen LogP contribution in [0.3, 0.4) is 0 Å². The summed E-state index contributed by atoms with van der Waals surface area (Å²) in [5.41, 5.74) is 0.798. The van der Waals surface area contributed by atoms with E-state index < -0.39 is 0 Å². The van der Waals surface area contributed by atoms with Crippen LogP contribution in [0.4, 0.5) is 0 Å². The van der Waals surface area contributed by atoms with Crippen LogP contribution >= 0.6 is 22.9 Å². The standard InChI is InChI=1S/C16H20ClN3O2S/c1-10(2)11-8-12(22-19-11)14(21)20-6-4-16(3,5-7-20)15-18-9-13(17)23-15/h8-10H,4-7H2,1-3H3. The maximum atomic E-state index is 12.5. The first-order chi connectivity index (χ1) is 10.9. The van der Waals surface area contributed by atoms with Crippen LogP contribution in [0.15, 0.2) is 16.8 Å². The molecule has 2 aromatic rings. The quantitative estimate of drug-likeness (QED) is 0.833. The largest absolute Gasteiger partial charge is 0.351 e. The summed E-state index contributed by atoms with van der Waals surface area (Å²) in [5.74, 6) is 0.498. The van der Waals surface area contributed by atoms with Crippen molar-refractivity contribution in [2.75, 3.05) is 13.1 Å². The zero-order valence-corrected chi connectivity index (χ0v) is 15.1. The summed E-state index contributed by atoms with van der Waals surface area (Å²) in [4.78, 5) is 18.8. The molecule has 1 amide bonds. The molecule has 1 aliphatic heterocycles. The highest BCUT2D eigenvalue weighted by atomic mass is 35.5. The number of hydrogen-bond donors (Lipinski definition) is 0. The summed E-state index contributed by atoms with van der Waals surface area (Å²) in [6.07, 6.45) is 3.44. The van der Waals surface area contributed by atoms with Crippen LogP contribution in [0, 0.1) is 0 Å². The van der Waals surface area contributed by atoms with Crippen molar-refractivity contribution in [3.05, 3.63) is 33.1 Å². The third-order valence-corrected chi connectivity index (χ3v) is 5.90. The number of carbonyl (C=O) groups is 1. The third-order valence-electron chi connectivity index (χ3n) is 4.48. The Kier molecular flexibility index (Phi) is 4.47. The van der Waals surface area contributed by atoms with Crippen LogP contribution < -0.4 is 0 Å². The number of carbonyl (C=O) groups excluding carboxylic acids is 1. The van der Waals surface area contributed by atoms with Crippen LogP contribution in [-0.2, 0) is 5.41 Å². The molecule has 1 saturated heterocycles. The van der Waals surface area contributed by atoms with Gasteiger partial charge in [0.1, 0.15) is 9.34 Å². The van der Waals surface area contributed by atoms with Crippen molar-refractivity contribution in [2.24, 2.45) is 0 Å². The summed E-state index contributed by atoms with van der Waals surface area (Å²) in [7, 11) is 0. The van der Waals surface area contributed by atoms with Crippen molar-refractivity contribution >= 4 is 28.8 Å². The first-order valence-electron chi connectivity index (χ1n) is 7.77. The lowest BCUT2D eigenvalue weighted by atomic mass is 9.81. The fraction of sp³-hybridized carbons (Fsp3) is 0.562. The lowest BCUT2D eigenvalue weighted by Crippen LogP contribution is -2.43. The van der Waals surface area contributed by atoms with Gasteiger partial charge in [0.15, 0.2) is 0 Å². The van der Waals surface area contributed by atoms with E-state index >= 15 is 0 Å². The molecule has 2 aromatic heterocycles. The number of hydrogen-bond acceptors (Lipinski definition) is 5. The maximum Gasteiger partial charge on any atom is 0.292 e. The molecule has 0 unspecified atom stereocenters. The minimum absolute atomic E-state index is 0.0148. The van der Waals surface area contributed by atoms with E-state index in [2.05, 4.69) is 17.1 Å². The summed E-state index contributed by atoms with van der Waals surface area (Å²) >= 11 is 7.53. The van der Waals surface area contributed by atoms with E-state index in [4.69, 9.17) is 16.1 Å². The molecule has 1 aliphatic rings. The highest BCUT2D eigenvalue weighted by Crippen LogP contribution is 2.38. The van der Waals surface area contributed by atoms with Crippen molar-refractivity contribution in [1.29, 1.82) is 0 Å². The van der Waals surface area contributed by atoms with Crippen LogP contribution in [0.25, 0.3) is 0 Å². The lowest BCUT2D eigenvalue weighted by molar-refractivity contribution is 0.0634. The Labute approximate surface area is 144 Å². The van der Waals surface area contributed by atoms with Crippen molar-refractivity contribution < 1.29 is 9.32 Å². The molecule has 0 radical (unpaired) electrons. The SMILES string of the molecule is CC(C)c1cc(C(=O)N2CCC(C)(c3ncc(Cl)s3)CC2)on1. The molecular formula is C16H20ClN3O2S. The van der Waals surface area contributed by atoms with Gasteiger partial charge in [-0.1, -0.05) is 37.5 Å². The van der Waals surface area contributed by atoms with Gasteiger partial charge in [-0.15, -0.1) is 11.3 Å². The van der Waals surface area contributed by atoms with Crippen molar-refractivity contribution in [3.63, 3.8) is 0 Å². The van der Waals surface area contributed by atoms with Gasteiger partial charge in [-0.3, -0.25) is 4.79 Å². The summed E-state index contributed by atoms with van der Waals surface area (Å²) < 4.78 is 5.92. The molecular weight excluding hydrogens is 334 g/mol. The third kappa shape index (κ3) is 3.28. The summed E-state index contributed by atoms with van der Waals surface area (Å²) in [6, 6.07) is 1.75. The van der Waals surface area contributed by atoms with Gasteiger partial charge in [0.05, 0.1) is 11.9 Å². The number of nitrogens with zero attached hydrogens (tertiary/aromatic N) is 3. The molecule has 23 heavy (non-hydrogen) atoms. The molecule has 124 valence electrons. The van der Waals surface area contributed by atoms with Crippen LogP contribution in [-0.4, -0.2) is 34.0 Å². The average molecular weight is 354 g/mol. The Morgan fingerprint density at radius 2 is 2.13 bits per heavy atom. The monoisotopic (exact) mass is 353 g/mol. The first-order valence-corrected chi connectivity index (χ1v) is 8.96. The van der Waals surface area contributed by atoms with Crippen LogP contribution in [0.2, 0.25) is 4.34 Å². The van der Waals surface area contributed by atoms with E-state index in [1.165, 1.54) is 11.3 Å². The molecule has 0 aliphatic carbocycles. The molecule has 0 atom stereocenters. The van der Waals surface area contributed by atoms with E-state index in [9.17, 15) is 4.79 Å². The topological polar surface area (TPSA) is 59.2 Å². The molecule has 7 heteroatoms. The smallest absolute Gasteiger partial charge is 0.292 e. The number of halogens is 1. The Morgan fingerprint density at radius 3 is 2.65 bits per heavy atom. The highest BCUT2D eigenvalue weighted by Gasteiger charge is 2.36. The Hall–Kier alpha value is -1.40. The second kappa shape index (κ2) is 6.24. The van der Waals surface area contributed by atoms with E-state index in [0.29, 0.717) is 23.2 Å². The molecule has 3 heterocycles. The van der Waals surface area contributed by atoms with Gasteiger partial charge < -0.3 is 9.42 Å². The first kappa shape index (κ1) is 16.5. The molecule has 0 bridgehead atoms. The van der Waals surface area contributed by atoms with Gasteiger partial charge in [-0.05, 0) is 18.8 Å². The van der Waals surface area contributed by atoms with Gasteiger partial charge in [-0.25, -0.2) is 4.98 Å². The van der Waals surface area contributed by atoms with Crippen LogP contribution in [0.1, 0.15) is 60.8 Å². The molecule has 0 aromatic carbocycles. The van der Waals surface area contributed by atoms with Gasteiger partial charge in [0.2, 0.25) is 5.76 Å². The number of rotatable bonds is 3. The van der Waals surface area contributed by atoms with Gasteiger partial charge in [-0.2, -0.15) is 0 Å². The van der Waals surface area contributed by atoms with E-state index in [0.717, 1.165) is 23.5 Å². The fourth-order valence-corrected chi connectivity index (χ4v) is 3.88. The number of piperidine rings is 1. The number of likely N-dealkylation sites (tertiary alicyclic amines) is 1. The van der Waals surface area contributed by atoms with Crippen molar-refractivity contribution in [3.8, 4) is 0 Å². The number of thiazole rings is 1. The summed E-state index contributed by atoms with van der Waals surface area (Å²) in [6.45, 7) is 7.61. The van der Waals surface area contributed by atoms with E-state index in [1.54, 1.807) is 12.3 Å². The lowest BCUT2D eigenvalue weighted by Gasteiger charge is -2.37. The molecule has 0 N–H and O–H groups in total. The van der Waals surface area contributed by atoms with Gasteiger partial charge >= 0.3 is 0 Å². The minimum atomic E-state index is -0.0800. The zero-order valence-electron chi connectivity index (χ0n) is 13.5. The zero-order chi connectivity index (χ0) is 16.6. The Bertz CT molecular complexity index is 702. The number of aromatic nitrogens is 2. The van der Waals surface area contributed by atoms with Crippen LogP contribution in [0.5, 0.6) is 0 Å². The predicted molar refractivity (Wildman–Crippen MR) is 90.2 cm³/mol. The molecule has 3 rings (SSSR count). The van der Waals surface area contributed by atoms with Gasteiger partial charge in [0.25, 0.3) is 5.91 Å². The van der Waals surface area contributed by atoms with E-state index in [1.807, 2.05) is 18.7 Å². The fourth-order valence-electron chi connectivity index (χ4n) is 2.77. The highest BCUT2D eigenvalue weighted by molar-refractivity contribution is 7.15. The molecule has 5 nitrogen and oxygen atoms in total. The van der Waals surface area contributed by atoms with Gasteiger partial charge in [0, 0.05) is 24.6 Å².